The summed E-state index contributed by atoms with van der Waals surface area (Å²) < 4.78 is 52.9. The van der Waals surface area contributed by atoms with Crippen LogP contribution in [0.15, 0.2) is 18.2 Å². The summed E-state index contributed by atoms with van der Waals surface area (Å²) in [5, 5.41) is 12.5. The van der Waals surface area contributed by atoms with E-state index in [1.807, 2.05) is 0 Å². The Kier molecular flexibility index (Phi) is 5.61. The normalized spacial score (nSPS) is 18.4. The number of hydrogen-bond donors (Lipinski definition) is 2. The zero-order valence-electron chi connectivity index (χ0n) is 10.5. The van der Waals surface area contributed by atoms with Crippen molar-refractivity contribution in [1.82, 2.24) is 10.2 Å². The van der Waals surface area contributed by atoms with Crippen LogP contribution in [0.2, 0.25) is 0 Å². The zero-order valence-corrected chi connectivity index (χ0v) is 11.3. The van der Waals surface area contributed by atoms with Crippen LogP contribution in [0.5, 0.6) is 5.75 Å². The molecule has 114 valence electrons. The van der Waals surface area contributed by atoms with Gasteiger partial charge < -0.3 is 10.4 Å². The summed E-state index contributed by atoms with van der Waals surface area (Å²) in [6.45, 7) is 1.26. The lowest BCUT2D eigenvalue weighted by molar-refractivity contribution is -0.188. The Balaban J connectivity index is 0.00000200. The standard InChI is InChI=1S/C12H14F4N2O.ClH/c13-9-3-1-2-8(10(9)19)11(12(14,15)16)18-6-4-17-5-7-18;/h1-3,11,17,19H,4-7H2;1H/t11-;/m1./s1. The molecule has 1 aromatic rings. The van der Waals surface area contributed by atoms with E-state index in [1.165, 1.54) is 11.0 Å². The molecule has 1 aliphatic heterocycles. The van der Waals surface area contributed by atoms with Crippen LogP contribution in [0.3, 0.4) is 0 Å². The first kappa shape index (κ1) is 17.0. The molecule has 1 fully saturated rings. The maximum Gasteiger partial charge on any atom is 0.408 e. The van der Waals surface area contributed by atoms with Crippen LogP contribution in [0.25, 0.3) is 0 Å². The highest BCUT2D eigenvalue weighted by atomic mass is 35.5. The van der Waals surface area contributed by atoms with Crippen LogP contribution in [0.4, 0.5) is 17.6 Å². The number of rotatable bonds is 2. The Morgan fingerprint density at radius 3 is 2.35 bits per heavy atom. The van der Waals surface area contributed by atoms with Crippen molar-refractivity contribution in [3.05, 3.63) is 29.6 Å². The molecule has 0 radical (unpaired) electrons. The molecule has 8 heteroatoms. The summed E-state index contributed by atoms with van der Waals surface area (Å²) in [7, 11) is 0. The first-order valence-electron chi connectivity index (χ1n) is 5.90. The maximum atomic E-state index is 13.2. The van der Waals surface area contributed by atoms with Crippen molar-refractivity contribution in [2.45, 2.75) is 12.2 Å². The van der Waals surface area contributed by atoms with Gasteiger partial charge in [0.15, 0.2) is 11.6 Å². The van der Waals surface area contributed by atoms with Gasteiger partial charge in [0.05, 0.1) is 0 Å². The van der Waals surface area contributed by atoms with Crippen LogP contribution in [0.1, 0.15) is 11.6 Å². The Morgan fingerprint density at radius 1 is 1.20 bits per heavy atom. The van der Waals surface area contributed by atoms with E-state index in [9.17, 15) is 22.7 Å². The number of phenolic OH excluding ortho intramolecular Hbond substituents is 1. The number of piperazine rings is 1. The number of aromatic hydroxyl groups is 1. The van der Waals surface area contributed by atoms with Crippen molar-refractivity contribution in [3.63, 3.8) is 0 Å². The second-order valence-electron chi connectivity index (χ2n) is 4.41. The smallest absolute Gasteiger partial charge is 0.408 e. The summed E-state index contributed by atoms with van der Waals surface area (Å²) in [5.41, 5.74) is -0.436. The molecule has 1 atom stereocenters. The maximum absolute atomic E-state index is 13.2. The lowest BCUT2D eigenvalue weighted by Gasteiger charge is -2.36. The summed E-state index contributed by atoms with van der Waals surface area (Å²) in [6, 6.07) is 1.24. The minimum atomic E-state index is -4.57. The van der Waals surface area contributed by atoms with Gasteiger partial charge in [0.2, 0.25) is 0 Å². The number of para-hydroxylation sites is 1. The average molecular weight is 315 g/mol. The highest BCUT2D eigenvalue weighted by Crippen LogP contribution is 2.41. The summed E-state index contributed by atoms with van der Waals surface area (Å²) in [5.74, 6) is -1.97. The predicted octanol–water partition coefficient (Wildman–Crippen LogP) is 2.46. The highest BCUT2D eigenvalue weighted by Gasteiger charge is 2.46. The Labute approximate surface area is 120 Å². The second-order valence-corrected chi connectivity index (χ2v) is 4.41. The van der Waals surface area contributed by atoms with Crippen LogP contribution >= 0.6 is 12.4 Å². The summed E-state index contributed by atoms with van der Waals surface area (Å²) >= 11 is 0. The molecule has 1 saturated heterocycles. The van der Waals surface area contributed by atoms with Gasteiger partial charge in [-0.05, 0) is 6.07 Å². The van der Waals surface area contributed by atoms with Crippen molar-refractivity contribution in [2.24, 2.45) is 0 Å². The summed E-state index contributed by atoms with van der Waals surface area (Å²) in [6.07, 6.45) is -4.57. The minimum Gasteiger partial charge on any atom is -0.505 e. The second kappa shape index (κ2) is 6.60. The van der Waals surface area contributed by atoms with Gasteiger partial charge in [-0.15, -0.1) is 12.4 Å². The van der Waals surface area contributed by atoms with Gasteiger partial charge in [-0.2, -0.15) is 13.2 Å². The van der Waals surface area contributed by atoms with Gasteiger partial charge in [0.1, 0.15) is 6.04 Å². The number of hydrogen-bond acceptors (Lipinski definition) is 3. The molecule has 0 unspecified atom stereocenters. The molecule has 3 nitrogen and oxygen atoms in total. The van der Waals surface area contributed by atoms with Crippen molar-refractivity contribution in [2.75, 3.05) is 26.2 Å². The molecule has 0 spiro atoms. The van der Waals surface area contributed by atoms with Crippen molar-refractivity contribution < 1.29 is 22.7 Å². The molecule has 0 amide bonds. The average Bonchev–Trinajstić information content (AvgIpc) is 2.35. The molecule has 0 aliphatic carbocycles. The molecular weight excluding hydrogens is 300 g/mol. The van der Waals surface area contributed by atoms with Gasteiger partial charge in [-0.3, -0.25) is 4.90 Å². The fourth-order valence-corrected chi connectivity index (χ4v) is 2.27. The quantitative estimate of drug-likeness (QED) is 0.823. The molecule has 1 heterocycles. The highest BCUT2D eigenvalue weighted by molar-refractivity contribution is 5.85. The molecular formula is C12H15ClF4N2O. The van der Waals surface area contributed by atoms with Crippen molar-refractivity contribution in [3.8, 4) is 5.75 Å². The van der Waals surface area contributed by atoms with Gasteiger partial charge in [-0.1, -0.05) is 12.1 Å². The minimum absolute atomic E-state index is 0. The number of phenols is 1. The Morgan fingerprint density at radius 2 is 1.80 bits per heavy atom. The molecule has 2 N–H and O–H groups in total. The van der Waals surface area contributed by atoms with E-state index in [0.29, 0.717) is 13.1 Å². The predicted molar refractivity (Wildman–Crippen MR) is 68.6 cm³/mol. The number of nitrogens with zero attached hydrogens (tertiary/aromatic N) is 1. The first-order valence-corrected chi connectivity index (χ1v) is 5.90. The largest absolute Gasteiger partial charge is 0.505 e. The zero-order chi connectivity index (χ0) is 14.0. The van der Waals surface area contributed by atoms with Crippen LogP contribution in [-0.2, 0) is 0 Å². The number of nitrogens with one attached hydrogen (secondary N) is 1. The Hall–Kier alpha value is -1.05. The van der Waals surface area contributed by atoms with E-state index >= 15 is 0 Å². The molecule has 1 aliphatic rings. The number of halogens is 5. The van der Waals surface area contributed by atoms with E-state index in [2.05, 4.69) is 5.32 Å². The van der Waals surface area contributed by atoms with Crippen molar-refractivity contribution in [1.29, 1.82) is 0 Å². The molecule has 0 saturated carbocycles. The molecule has 0 aromatic heterocycles. The molecule has 1 aromatic carbocycles. The van der Waals surface area contributed by atoms with E-state index in [-0.39, 0.29) is 25.5 Å². The van der Waals surface area contributed by atoms with E-state index in [0.717, 1.165) is 12.1 Å². The third-order valence-electron chi connectivity index (χ3n) is 3.14. The Bertz CT molecular complexity index is 450. The fourth-order valence-electron chi connectivity index (χ4n) is 2.27. The number of benzene rings is 1. The van der Waals surface area contributed by atoms with Crippen molar-refractivity contribution >= 4 is 12.4 Å². The van der Waals surface area contributed by atoms with Gasteiger partial charge in [0.25, 0.3) is 0 Å². The summed E-state index contributed by atoms with van der Waals surface area (Å²) in [4.78, 5) is 1.20. The van der Waals surface area contributed by atoms with E-state index in [4.69, 9.17) is 0 Å². The third-order valence-corrected chi connectivity index (χ3v) is 3.14. The topological polar surface area (TPSA) is 35.5 Å². The van der Waals surface area contributed by atoms with Gasteiger partial charge in [-0.25, -0.2) is 4.39 Å². The lowest BCUT2D eigenvalue weighted by Crippen LogP contribution is -2.49. The van der Waals surface area contributed by atoms with Crippen LogP contribution in [0, 0.1) is 5.82 Å². The van der Waals surface area contributed by atoms with E-state index < -0.39 is 29.3 Å². The molecule has 0 bridgehead atoms. The van der Waals surface area contributed by atoms with Gasteiger partial charge in [0, 0.05) is 31.7 Å². The number of alkyl halides is 3. The monoisotopic (exact) mass is 314 g/mol. The molecule has 20 heavy (non-hydrogen) atoms. The fraction of sp³-hybridized carbons (Fsp3) is 0.500. The van der Waals surface area contributed by atoms with Crippen LogP contribution in [-0.4, -0.2) is 42.4 Å². The first-order chi connectivity index (χ1) is 8.91. The molecule has 2 rings (SSSR count). The SMILES string of the molecule is Cl.Oc1c(F)cccc1[C@@H](N1CCNCC1)C(F)(F)F. The van der Waals surface area contributed by atoms with E-state index in [1.54, 1.807) is 0 Å². The van der Waals surface area contributed by atoms with Gasteiger partial charge >= 0.3 is 6.18 Å². The lowest BCUT2D eigenvalue weighted by atomic mass is 10.0. The third kappa shape index (κ3) is 3.53. The van der Waals surface area contributed by atoms with Crippen LogP contribution < -0.4 is 5.32 Å².